The molecule has 1 aliphatic heterocycles. The van der Waals surface area contributed by atoms with Crippen LogP contribution in [0.2, 0.25) is 5.02 Å². The topological polar surface area (TPSA) is 84.5 Å². The summed E-state index contributed by atoms with van der Waals surface area (Å²) in [5.41, 5.74) is -0.161. The van der Waals surface area contributed by atoms with Crippen LogP contribution in [-0.2, 0) is 13.0 Å². The second kappa shape index (κ2) is 8.49. The number of amides is 1. The van der Waals surface area contributed by atoms with Gasteiger partial charge >= 0.3 is 0 Å². The smallest absolute Gasteiger partial charge is 0.282 e. The average Bonchev–Trinajstić information content (AvgIpc) is 3.13. The van der Waals surface area contributed by atoms with Gasteiger partial charge in [0.1, 0.15) is 11.4 Å². The van der Waals surface area contributed by atoms with Crippen LogP contribution in [0.15, 0.2) is 30.6 Å². The van der Waals surface area contributed by atoms with Crippen molar-refractivity contribution in [3.05, 3.63) is 57.1 Å². The molecule has 1 aliphatic rings. The van der Waals surface area contributed by atoms with E-state index in [-0.39, 0.29) is 17.2 Å². The molecular formula is C18H22ClN5O3. The molecule has 1 aromatic carbocycles. The summed E-state index contributed by atoms with van der Waals surface area (Å²) < 4.78 is 2.15. The second-order valence-electron chi connectivity index (χ2n) is 6.44. The minimum absolute atomic E-state index is 0.0481. The van der Waals surface area contributed by atoms with E-state index in [1.807, 2.05) is 12.4 Å². The molecular weight excluding hydrogens is 370 g/mol. The van der Waals surface area contributed by atoms with Gasteiger partial charge in [0.2, 0.25) is 0 Å². The first-order valence-corrected chi connectivity index (χ1v) is 9.33. The van der Waals surface area contributed by atoms with Gasteiger partial charge in [-0.2, -0.15) is 0 Å². The Labute approximate surface area is 162 Å². The number of imidazole rings is 1. The van der Waals surface area contributed by atoms with Gasteiger partial charge in [0, 0.05) is 69.2 Å². The molecule has 2 aromatic rings. The quantitative estimate of drug-likeness (QED) is 0.557. The Hall–Kier alpha value is -2.45. The number of halogens is 1. The van der Waals surface area contributed by atoms with Crippen molar-refractivity contribution in [1.82, 2.24) is 19.4 Å². The number of carbonyl (C=O) groups is 1. The zero-order chi connectivity index (χ0) is 19.4. The molecule has 8 nitrogen and oxygen atoms in total. The normalized spacial score (nSPS) is 15.1. The summed E-state index contributed by atoms with van der Waals surface area (Å²) in [5, 5.41) is 11.5. The number of aryl methyl sites for hydroxylation is 1. The number of hydrogen-bond donors (Lipinski definition) is 0. The Morgan fingerprint density at radius 2 is 2.00 bits per heavy atom. The number of nitro benzene ring substituents is 1. The van der Waals surface area contributed by atoms with E-state index in [0.717, 1.165) is 38.4 Å². The molecule has 0 aliphatic carbocycles. The van der Waals surface area contributed by atoms with E-state index in [1.165, 1.54) is 18.2 Å². The first-order chi connectivity index (χ1) is 13.0. The van der Waals surface area contributed by atoms with Crippen LogP contribution in [0.5, 0.6) is 0 Å². The van der Waals surface area contributed by atoms with Crippen molar-refractivity contribution >= 4 is 23.2 Å². The minimum Gasteiger partial charge on any atom is -0.336 e. The number of benzene rings is 1. The van der Waals surface area contributed by atoms with Crippen LogP contribution in [0.4, 0.5) is 5.69 Å². The Kier molecular flexibility index (Phi) is 6.08. The first-order valence-electron chi connectivity index (χ1n) is 8.95. The molecule has 2 heterocycles. The highest BCUT2D eigenvalue weighted by atomic mass is 35.5. The Balaban J connectivity index is 1.58. The van der Waals surface area contributed by atoms with Crippen LogP contribution >= 0.6 is 11.6 Å². The van der Waals surface area contributed by atoms with Crippen LogP contribution in [0.3, 0.4) is 0 Å². The number of nitrogens with zero attached hydrogens (tertiary/aromatic N) is 5. The number of hydrogen-bond acceptors (Lipinski definition) is 5. The molecule has 1 saturated heterocycles. The molecule has 0 radical (unpaired) electrons. The van der Waals surface area contributed by atoms with Gasteiger partial charge in [-0.25, -0.2) is 4.98 Å². The Morgan fingerprint density at radius 1 is 1.26 bits per heavy atom. The molecule has 144 valence electrons. The van der Waals surface area contributed by atoms with E-state index >= 15 is 0 Å². The molecule has 0 unspecified atom stereocenters. The van der Waals surface area contributed by atoms with Crippen LogP contribution < -0.4 is 0 Å². The van der Waals surface area contributed by atoms with Gasteiger partial charge in [-0.1, -0.05) is 18.5 Å². The fourth-order valence-corrected chi connectivity index (χ4v) is 3.46. The van der Waals surface area contributed by atoms with Gasteiger partial charge in [-0.15, -0.1) is 0 Å². The summed E-state index contributed by atoms with van der Waals surface area (Å²) in [6.07, 6.45) is 4.69. The van der Waals surface area contributed by atoms with E-state index < -0.39 is 4.92 Å². The van der Waals surface area contributed by atoms with Crippen LogP contribution in [0.25, 0.3) is 0 Å². The van der Waals surface area contributed by atoms with Gasteiger partial charge < -0.3 is 9.47 Å². The van der Waals surface area contributed by atoms with Crippen LogP contribution in [-0.4, -0.2) is 62.9 Å². The molecule has 0 bridgehead atoms. The molecule has 0 spiro atoms. The number of nitro groups is 1. The summed E-state index contributed by atoms with van der Waals surface area (Å²) in [5.74, 6) is 0.726. The molecule has 0 N–H and O–H groups in total. The summed E-state index contributed by atoms with van der Waals surface area (Å²) >= 11 is 5.93. The van der Waals surface area contributed by atoms with Crippen molar-refractivity contribution in [2.45, 2.75) is 19.9 Å². The SMILES string of the molecule is CCc1nccn1CCN1CCN(C(=O)c2cc(Cl)ccc2[N+](=O)[O-])CC1. The van der Waals surface area contributed by atoms with Gasteiger partial charge in [-0.05, 0) is 12.1 Å². The van der Waals surface area contributed by atoms with E-state index in [0.29, 0.717) is 18.1 Å². The number of aromatic nitrogens is 2. The number of piperazine rings is 1. The van der Waals surface area contributed by atoms with Gasteiger partial charge in [-0.3, -0.25) is 19.8 Å². The third kappa shape index (κ3) is 4.45. The molecule has 1 amide bonds. The van der Waals surface area contributed by atoms with E-state index in [1.54, 1.807) is 4.90 Å². The van der Waals surface area contributed by atoms with Crippen molar-refractivity contribution in [3.63, 3.8) is 0 Å². The lowest BCUT2D eigenvalue weighted by atomic mass is 10.1. The Morgan fingerprint density at radius 3 is 2.67 bits per heavy atom. The van der Waals surface area contributed by atoms with Crippen molar-refractivity contribution in [1.29, 1.82) is 0 Å². The van der Waals surface area contributed by atoms with E-state index in [9.17, 15) is 14.9 Å². The highest BCUT2D eigenvalue weighted by Gasteiger charge is 2.27. The maximum atomic E-state index is 12.7. The third-order valence-electron chi connectivity index (χ3n) is 4.82. The van der Waals surface area contributed by atoms with Crippen LogP contribution in [0, 0.1) is 10.1 Å². The summed E-state index contributed by atoms with van der Waals surface area (Å²) in [4.78, 5) is 31.7. The lowest BCUT2D eigenvalue weighted by molar-refractivity contribution is -0.385. The number of carbonyl (C=O) groups excluding carboxylic acids is 1. The Bertz CT molecular complexity index is 830. The van der Waals surface area contributed by atoms with Gasteiger partial charge in [0.05, 0.1) is 4.92 Å². The van der Waals surface area contributed by atoms with Crippen molar-refractivity contribution < 1.29 is 9.72 Å². The molecule has 9 heteroatoms. The molecule has 0 saturated carbocycles. The lowest BCUT2D eigenvalue weighted by Crippen LogP contribution is -2.49. The van der Waals surface area contributed by atoms with E-state index in [2.05, 4.69) is 21.4 Å². The predicted molar refractivity (Wildman–Crippen MR) is 102 cm³/mol. The fourth-order valence-electron chi connectivity index (χ4n) is 3.29. The molecule has 3 rings (SSSR count). The van der Waals surface area contributed by atoms with E-state index in [4.69, 9.17) is 11.6 Å². The van der Waals surface area contributed by atoms with Crippen molar-refractivity contribution in [3.8, 4) is 0 Å². The average molecular weight is 392 g/mol. The highest BCUT2D eigenvalue weighted by molar-refractivity contribution is 6.31. The standard InChI is InChI=1S/C18H22ClN5O3/c1-2-17-20-5-6-22(17)10-7-21-8-11-23(12-9-21)18(25)15-13-14(19)3-4-16(15)24(26)27/h3-6,13H,2,7-12H2,1H3. The van der Waals surface area contributed by atoms with Crippen LogP contribution in [0.1, 0.15) is 23.1 Å². The summed E-state index contributed by atoms with van der Waals surface area (Å²) in [6.45, 7) is 6.35. The molecule has 27 heavy (non-hydrogen) atoms. The van der Waals surface area contributed by atoms with Crippen molar-refractivity contribution in [2.24, 2.45) is 0 Å². The van der Waals surface area contributed by atoms with Crippen molar-refractivity contribution in [2.75, 3.05) is 32.7 Å². The lowest BCUT2D eigenvalue weighted by Gasteiger charge is -2.34. The zero-order valence-electron chi connectivity index (χ0n) is 15.2. The first kappa shape index (κ1) is 19.3. The second-order valence-corrected chi connectivity index (χ2v) is 6.88. The molecule has 1 aromatic heterocycles. The summed E-state index contributed by atoms with van der Waals surface area (Å²) in [7, 11) is 0. The monoisotopic (exact) mass is 391 g/mol. The highest BCUT2D eigenvalue weighted by Crippen LogP contribution is 2.24. The minimum atomic E-state index is -0.545. The summed E-state index contributed by atoms with van der Waals surface area (Å²) in [6, 6.07) is 4.08. The van der Waals surface area contributed by atoms with Gasteiger partial charge in [0.25, 0.3) is 11.6 Å². The molecule has 1 fully saturated rings. The third-order valence-corrected chi connectivity index (χ3v) is 5.06. The largest absolute Gasteiger partial charge is 0.336 e. The molecule has 0 atom stereocenters. The van der Waals surface area contributed by atoms with Gasteiger partial charge in [0.15, 0.2) is 0 Å². The fraction of sp³-hybridized carbons (Fsp3) is 0.444. The predicted octanol–water partition coefficient (Wildman–Crippen LogP) is 2.47. The number of rotatable bonds is 6. The maximum Gasteiger partial charge on any atom is 0.282 e. The maximum absolute atomic E-state index is 12.7. The zero-order valence-corrected chi connectivity index (χ0v) is 15.9.